The highest BCUT2D eigenvalue weighted by atomic mass is 19.1. The Balaban J connectivity index is 1.76. The van der Waals surface area contributed by atoms with Crippen LogP contribution in [0.4, 0.5) is 4.39 Å². The SMILES string of the molecule is CN(CCc1ccccn1)CCC(O)c1ccccc1F. The maximum Gasteiger partial charge on any atom is 0.128 e. The molecule has 0 radical (unpaired) electrons. The molecule has 0 fully saturated rings. The second kappa shape index (κ2) is 7.86. The molecule has 0 amide bonds. The number of aromatic nitrogens is 1. The summed E-state index contributed by atoms with van der Waals surface area (Å²) in [5, 5.41) is 10.1. The quantitative estimate of drug-likeness (QED) is 0.851. The summed E-state index contributed by atoms with van der Waals surface area (Å²) in [7, 11) is 2.00. The van der Waals surface area contributed by atoms with Gasteiger partial charge < -0.3 is 10.0 Å². The normalized spacial score (nSPS) is 12.6. The first kappa shape index (κ1) is 15.6. The molecule has 0 spiro atoms. The van der Waals surface area contributed by atoms with E-state index in [1.54, 1.807) is 24.4 Å². The molecule has 1 unspecified atom stereocenters. The van der Waals surface area contributed by atoms with Crippen molar-refractivity contribution in [1.82, 2.24) is 9.88 Å². The number of rotatable bonds is 7. The second-order valence-corrected chi connectivity index (χ2v) is 5.20. The topological polar surface area (TPSA) is 36.4 Å². The summed E-state index contributed by atoms with van der Waals surface area (Å²) in [5.74, 6) is -0.346. The molecule has 21 heavy (non-hydrogen) atoms. The van der Waals surface area contributed by atoms with Gasteiger partial charge in [0.2, 0.25) is 0 Å². The highest BCUT2D eigenvalue weighted by Crippen LogP contribution is 2.19. The van der Waals surface area contributed by atoms with Gasteiger partial charge in [0.05, 0.1) is 6.10 Å². The van der Waals surface area contributed by atoms with Gasteiger partial charge in [0.1, 0.15) is 5.82 Å². The van der Waals surface area contributed by atoms with Crippen molar-refractivity contribution in [2.24, 2.45) is 0 Å². The van der Waals surface area contributed by atoms with Crippen LogP contribution < -0.4 is 0 Å². The van der Waals surface area contributed by atoms with Crippen molar-refractivity contribution in [3.8, 4) is 0 Å². The van der Waals surface area contributed by atoms with E-state index in [1.165, 1.54) is 6.07 Å². The van der Waals surface area contributed by atoms with Crippen LogP contribution in [0.15, 0.2) is 48.7 Å². The van der Waals surface area contributed by atoms with E-state index in [1.807, 2.05) is 25.2 Å². The van der Waals surface area contributed by atoms with E-state index in [2.05, 4.69) is 9.88 Å². The number of aliphatic hydroxyl groups excluding tert-OH is 1. The molecule has 0 aliphatic carbocycles. The Labute approximate surface area is 125 Å². The molecule has 0 aliphatic rings. The Hall–Kier alpha value is -1.78. The summed E-state index contributed by atoms with van der Waals surface area (Å²) in [5.41, 5.74) is 1.43. The Morgan fingerprint density at radius 1 is 1.14 bits per heavy atom. The Morgan fingerprint density at radius 2 is 1.90 bits per heavy atom. The molecule has 1 heterocycles. The average molecular weight is 288 g/mol. The monoisotopic (exact) mass is 288 g/mol. The predicted octanol–water partition coefficient (Wildman–Crippen LogP) is 2.82. The average Bonchev–Trinajstić information content (AvgIpc) is 2.52. The van der Waals surface area contributed by atoms with Gasteiger partial charge in [-0.15, -0.1) is 0 Å². The molecule has 4 heteroatoms. The smallest absolute Gasteiger partial charge is 0.128 e. The fraction of sp³-hybridized carbons (Fsp3) is 0.353. The molecule has 2 aromatic rings. The first-order chi connectivity index (χ1) is 10.2. The predicted molar refractivity (Wildman–Crippen MR) is 81.4 cm³/mol. The summed E-state index contributed by atoms with van der Waals surface area (Å²) in [6.45, 7) is 1.57. The van der Waals surface area contributed by atoms with E-state index < -0.39 is 6.10 Å². The lowest BCUT2D eigenvalue weighted by Crippen LogP contribution is -2.24. The molecule has 1 aromatic heterocycles. The van der Waals surface area contributed by atoms with Crippen molar-refractivity contribution >= 4 is 0 Å². The molecule has 1 aromatic carbocycles. The van der Waals surface area contributed by atoms with E-state index >= 15 is 0 Å². The van der Waals surface area contributed by atoms with E-state index in [4.69, 9.17) is 0 Å². The number of halogens is 1. The van der Waals surface area contributed by atoms with Gasteiger partial charge in [-0.05, 0) is 31.7 Å². The van der Waals surface area contributed by atoms with Gasteiger partial charge in [0.15, 0.2) is 0 Å². The molecular weight excluding hydrogens is 267 g/mol. The van der Waals surface area contributed by atoms with Crippen LogP contribution in [0.3, 0.4) is 0 Å². The molecule has 2 rings (SSSR count). The highest BCUT2D eigenvalue weighted by molar-refractivity contribution is 5.19. The minimum atomic E-state index is -0.761. The van der Waals surface area contributed by atoms with Gasteiger partial charge in [0, 0.05) is 37.0 Å². The lowest BCUT2D eigenvalue weighted by atomic mass is 10.1. The number of hydrogen-bond acceptors (Lipinski definition) is 3. The molecule has 0 saturated heterocycles. The van der Waals surface area contributed by atoms with Crippen molar-refractivity contribution in [3.63, 3.8) is 0 Å². The highest BCUT2D eigenvalue weighted by Gasteiger charge is 2.12. The summed E-state index contributed by atoms with van der Waals surface area (Å²) in [6, 6.07) is 12.3. The van der Waals surface area contributed by atoms with Gasteiger partial charge in [-0.2, -0.15) is 0 Å². The van der Waals surface area contributed by atoms with Gasteiger partial charge in [0.25, 0.3) is 0 Å². The lowest BCUT2D eigenvalue weighted by Gasteiger charge is -2.19. The standard InChI is InChI=1S/C17H21FN2O/c1-20(12-9-14-6-4-5-11-19-14)13-10-17(21)15-7-2-3-8-16(15)18/h2-8,11,17,21H,9-10,12-13H2,1H3. The van der Waals surface area contributed by atoms with E-state index in [0.29, 0.717) is 18.5 Å². The number of aliphatic hydroxyl groups is 1. The minimum absolute atomic E-state index is 0.346. The van der Waals surface area contributed by atoms with Gasteiger partial charge in [-0.25, -0.2) is 4.39 Å². The fourth-order valence-electron chi connectivity index (χ4n) is 2.21. The third-order valence-corrected chi connectivity index (χ3v) is 3.52. The zero-order valence-corrected chi connectivity index (χ0v) is 12.2. The van der Waals surface area contributed by atoms with Crippen molar-refractivity contribution in [1.29, 1.82) is 0 Å². The van der Waals surface area contributed by atoms with Crippen LogP contribution in [-0.4, -0.2) is 35.1 Å². The second-order valence-electron chi connectivity index (χ2n) is 5.20. The Bertz CT molecular complexity index is 547. The van der Waals surface area contributed by atoms with E-state index in [-0.39, 0.29) is 5.82 Å². The summed E-state index contributed by atoms with van der Waals surface area (Å²) in [4.78, 5) is 6.40. The van der Waals surface area contributed by atoms with E-state index in [0.717, 1.165) is 18.7 Å². The third-order valence-electron chi connectivity index (χ3n) is 3.52. The van der Waals surface area contributed by atoms with E-state index in [9.17, 15) is 9.50 Å². The summed E-state index contributed by atoms with van der Waals surface area (Å²) in [6.07, 6.45) is 2.41. The van der Waals surface area contributed by atoms with Gasteiger partial charge in [-0.3, -0.25) is 4.98 Å². The molecular formula is C17H21FN2O. The fourth-order valence-corrected chi connectivity index (χ4v) is 2.21. The molecule has 112 valence electrons. The van der Waals surface area contributed by atoms with Crippen LogP contribution >= 0.6 is 0 Å². The van der Waals surface area contributed by atoms with Gasteiger partial charge >= 0.3 is 0 Å². The zero-order chi connectivity index (χ0) is 15.1. The van der Waals surface area contributed by atoms with Gasteiger partial charge in [-0.1, -0.05) is 24.3 Å². The third kappa shape index (κ3) is 4.92. The Morgan fingerprint density at radius 3 is 2.62 bits per heavy atom. The number of nitrogens with zero attached hydrogens (tertiary/aromatic N) is 2. The number of benzene rings is 1. The molecule has 0 bridgehead atoms. The summed E-state index contributed by atoms with van der Waals surface area (Å²) < 4.78 is 13.6. The first-order valence-corrected chi connectivity index (χ1v) is 7.18. The van der Waals surface area contributed by atoms with Crippen LogP contribution in [0, 0.1) is 5.82 Å². The number of hydrogen-bond donors (Lipinski definition) is 1. The molecule has 1 N–H and O–H groups in total. The van der Waals surface area contributed by atoms with Crippen molar-refractivity contribution in [2.75, 3.05) is 20.1 Å². The maximum atomic E-state index is 13.6. The van der Waals surface area contributed by atoms with Crippen LogP contribution in [0.1, 0.15) is 23.8 Å². The van der Waals surface area contributed by atoms with Crippen LogP contribution in [0.25, 0.3) is 0 Å². The van der Waals surface area contributed by atoms with Crippen molar-refractivity contribution < 1.29 is 9.50 Å². The maximum absolute atomic E-state index is 13.6. The lowest BCUT2D eigenvalue weighted by molar-refractivity contribution is 0.145. The number of likely N-dealkylation sites (N-methyl/N-ethyl adjacent to an activating group) is 1. The molecule has 3 nitrogen and oxygen atoms in total. The largest absolute Gasteiger partial charge is 0.388 e. The number of pyridine rings is 1. The first-order valence-electron chi connectivity index (χ1n) is 7.18. The minimum Gasteiger partial charge on any atom is -0.388 e. The van der Waals surface area contributed by atoms with Crippen LogP contribution in [0.2, 0.25) is 0 Å². The zero-order valence-electron chi connectivity index (χ0n) is 12.2. The van der Waals surface area contributed by atoms with Crippen LogP contribution in [0.5, 0.6) is 0 Å². The molecule has 0 aliphatic heterocycles. The molecule has 1 atom stereocenters. The summed E-state index contributed by atoms with van der Waals surface area (Å²) >= 11 is 0. The van der Waals surface area contributed by atoms with Crippen LogP contribution in [-0.2, 0) is 6.42 Å². The van der Waals surface area contributed by atoms with Crippen molar-refractivity contribution in [3.05, 3.63) is 65.7 Å². The van der Waals surface area contributed by atoms with Crippen molar-refractivity contribution in [2.45, 2.75) is 18.9 Å². The Kier molecular flexibility index (Phi) is 5.84. The molecule has 0 saturated carbocycles.